The second kappa shape index (κ2) is 16.6. The average Bonchev–Trinajstić information content (AvgIpc) is 2.83. The Labute approximate surface area is 220 Å². The standard InChI is InChI=1S/C28H56N4O4/c1-9-19(5)23-15-31(17-27(33)34)26(22(8)12-4)14-30-24(20(6)10-2)16-32(18-28(35)36)25(13-29-23)21(7)11-3/h19-26,29-30H,9-18H2,1-8H3,(H,33,34)(H,35,36)/t19?,20?,21?,22?,23-,24-,25-,26+/m1/s1. The summed E-state index contributed by atoms with van der Waals surface area (Å²) in [6.07, 6.45) is 3.93. The Kier molecular flexibility index (Phi) is 15.1. The summed E-state index contributed by atoms with van der Waals surface area (Å²) in [5.41, 5.74) is 0. The van der Waals surface area contributed by atoms with Gasteiger partial charge in [-0.1, -0.05) is 81.1 Å². The fourth-order valence-electron chi connectivity index (χ4n) is 5.42. The van der Waals surface area contributed by atoms with E-state index in [1.165, 1.54) is 0 Å². The van der Waals surface area contributed by atoms with E-state index in [0.29, 0.717) is 49.9 Å². The van der Waals surface area contributed by atoms with Crippen molar-refractivity contribution in [3.63, 3.8) is 0 Å². The third kappa shape index (κ3) is 10.3. The predicted octanol–water partition coefficient (Wildman–Crippen LogP) is 3.61. The molecule has 0 radical (unpaired) electrons. The molecular weight excluding hydrogens is 456 g/mol. The van der Waals surface area contributed by atoms with Gasteiger partial charge in [0.15, 0.2) is 0 Å². The Morgan fingerprint density at radius 3 is 1.22 bits per heavy atom. The van der Waals surface area contributed by atoms with Crippen molar-refractivity contribution in [2.24, 2.45) is 23.7 Å². The van der Waals surface area contributed by atoms with Crippen LogP contribution in [0.3, 0.4) is 0 Å². The van der Waals surface area contributed by atoms with E-state index < -0.39 is 11.9 Å². The first kappa shape index (κ1) is 32.8. The van der Waals surface area contributed by atoms with Crippen molar-refractivity contribution in [3.8, 4) is 0 Å². The number of nitrogens with zero attached hydrogens (tertiary/aromatic N) is 2. The number of hydrogen-bond donors (Lipinski definition) is 4. The Morgan fingerprint density at radius 2 is 0.972 bits per heavy atom. The Morgan fingerprint density at radius 1 is 0.667 bits per heavy atom. The van der Waals surface area contributed by atoms with E-state index >= 15 is 0 Å². The van der Waals surface area contributed by atoms with E-state index in [1.807, 2.05) is 0 Å². The number of carboxylic acid groups (broad SMARTS) is 2. The van der Waals surface area contributed by atoms with Crippen LogP contribution in [0.25, 0.3) is 0 Å². The normalized spacial score (nSPS) is 28.9. The molecule has 4 unspecified atom stereocenters. The topological polar surface area (TPSA) is 105 Å². The number of aliphatic carboxylic acids is 2. The van der Waals surface area contributed by atoms with Crippen LogP contribution in [0.2, 0.25) is 0 Å². The average molecular weight is 513 g/mol. The van der Waals surface area contributed by atoms with Crippen LogP contribution in [0.15, 0.2) is 0 Å². The smallest absolute Gasteiger partial charge is 0.317 e. The molecule has 0 bridgehead atoms. The maximum Gasteiger partial charge on any atom is 0.317 e. The lowest BCUT2D eigenvalue weighted by atomic mass is 9.90. The van der Waals surface area contributed by atoms with Crippen molar-refractivity contribution >= 4 is 11.9 Å². The molecule has 8 heteroatoms. The highest BCUT2D eigenvalue weighted by atomic mass is 16.4. The quantitative estimate of drug-likeness (QED) is 0.314. The molecule has 0 saturated carbocycles. The van der Waals surface area contributed by atoms with Crippen LogP contribution in [-0.4, -0.2) is 95.4 Å². The first-order chi connectivity index (χ1) is 17.0. The van der Waals surface area contributed by atoms with Crippen LogP contribution in [0, 0.1) is 23.7 Å². The Bertz CT molecular complexity index is 595. The lowest BCUT2D eigenvalue weighted by Crippen LogP contribution is -2.61. The van der Waals surface area contributed by atoms with Gasteiger partial charge >= 0.3 is 11.9 Å². The van der Waals surface area contributed by atoms with Crippen LogP contribution < -0.4 is 10.6 Å². The summed E-state index contributed by atoms with van der Waals surface area (Å²) in [5.74, 6) is -0.180. The zero-order valence-electron chi connectivity index (χ0n) is 24.3. The van der Waals surface area contributed by atoms with E-state index in [-0.39, 0.29) is 37.3 Å². The lowest BCUT2D eigenvalue weighted by molar-refractivity contribution is -0.140. The van der Waals surface area contributed by atoms with Crippen LogP contribution in [0.5, 0.6) is 0 Å². The van der Waals surface area contributed by atoms with E-state index in [2.05, 4.69) is 75.8 Å². The fraction of sp³-hybridized carbons (Fsp3) is 0.929. The zero-order valence-corrected chi connectivity index (χ0v) is 24.3. The minimum absolute atomic E-state index is 0.0270. The predicted molar refractivity (Wildman–Crippen MR) is 147 cm³/mol. The van der Waals surface area contributed by atoms with Gasteiger partial charge in [-0.25, -0.2) is 0 Å². The zero-order chi connectivity index (χ0) is 27.4. The Hall–Kier alpha value is -1.22. The Balaban J connectivity index is 3.53. The largest absolute Gasteiger partial charge is 0.480 e. The summed E-state index contributed by atoms with van der Waals surface area (Å²) in [6, 6.07) is 0.431. The number of hydrogen-bond acceptors (Lipinski definition) is 6. The van der Waals surface area contributed by atoms with Crippen molar-refractivity contribution in [1.82, 2.24) is 20.4 Å². The third-order valence-electron chi connectivity index (χ3n) is 8.92. The van der Waals surface area contributed by atoms with Gasteiger partial charge in [-0.15, -0.1) is 0 Å². The molecule has 0 aromatic carbocycles. The van der Waals surface area contributed by atoms with Crippen LogP contribution >= 0.6 is 0 Å². The van der Waals surface area contributed by atoms with Crippen molar-refractivity contribution in [2.45, 2.75) is 105 Å². The molecule has 0 amide bonds. The molecule has 1 aliphatic rings. The van der Waals surface area contributed by atoms with E-state index in [4.69, 9.17) is 0 Å². The minimum Gasteiger partial charge on any atom is -0.480 e. The number of carboxylic acids is 2. The maximum absolute atomic E-state index is 11.9. The summed E-state index contributed by atoms with van der Waals surface area (Å²) in [4.78, 5) is 28.2. The maximum atomic E-state index is 11.9. The van der Waals surface area contributed by atoms with Gasteiger partial charge < -0.3 is 20.8 Å². The molecule has 0 aliphatic carbocycles. The minimum atomic E-state index is -0.790. The monoisotopic (exact) mass is 512 g/mol. The molecule has 0 aromatic heterocycles. The second-order valence-corrected chi connectivity index (χ2v) is 11.4. The van der Waals surface area contributed by atoms with Crippen LogP contribution in [-0.2, 0) is 9.59 Å². The van der Waals surface area contributed by atoms with Crippen molar-refractivity contribution < 1.29 is 19.8 Å². The molecule has 36 heavy (non-hydrogen) atoms. The first-order valence-electron chi connectivity index (χ1n) is 14.4. The molecule has 0 spiro atoms. The summed E-state index contributed by atoms with van der Waals surface area (Å²) < 4.78 is 0. The fourth-order valence-corrected chi connectivity index (χ4v) is 5.42. The van der Waals surface area contributed by atoms with E-state index in [0.717, 1.165) is 25.7 Å². The highest BCUT2D eigenvalue weighted by molar-refractivity contribution is 5.69. The summed E-state index contributed by atoms with van der Waals surface area (Å²) in [6.45, 7) is 20.3. The molecule has 212 valence electrons. The molecule has 1 fully saturated rings. The van der Waals surface area contributed by atoms with Gasteiger partial charge in [0.2, 0.25) is 0 Å². The molecule has 1 aliphatic heterocycles. The lowest BCUT2D eigenvalue weighted by Gasteiger charge is -2.44. The van der Waals surface area contributed by atoms with Gasteiger partial charge in [0.1, 0.15) is 0 Å². The summed E-state index contributed by atoms with van der Waals surface area (Å²) >= 11 is 0. The molecule has 1 heterocycles. The SMILES string of the molecule is CCC(C)[C@H]1CN[C@@H](C(C)CC)CN(CC(=O)O)[C@H](C(C)CC)CN[C@@H](C(C)CC)CN1CC(=O)O. The number of carbonyl (C=O) groups is 2. The molecule has 4 N–H and O–H groups in total. The van der Waals surface area contributed by atoms with Gasteiger partial charge in [-0.2, -0.15) is 0 Å². The van der Waals surface area contributed by atoms with E-state index in [9.17, 15) is 19.8 Å². The summed E-state index contributed by atoms with van der Waals surface area (Å²) in [5, 5.41) is 27.2. The van der Waals surface area contributed by atoms with Gasteiger partial charge in [0.25, 0.3) is 0 Å². The van der Waals surface area contributed by atoms with Gasteiger partial charge in [-0.05, 0) is 23.7 Å². The van der Waals surface area contributed by atoms with Gasteiger partial charge in [-0.3, -0.25) is 19.4 Å². The van der Waals surface area contributed by atoms with Gasteiger partial charge in [0.05, 0.1) is 13.1 Å². The second-order valence-electron chi connectivity index (χ2n) is 11.4. The highest BCUT2D eigenvalue weighted by Gasteiger charge is 2.34. The van der Waals surface area contributed by atoms with Crippen LogP contribution in [0.4, 0.5) is 0 Å². The van der Waals surface area contributed by atoms with Crippen molar-refractivity contribution in [2.75, 3.05) is 39.3 Å². The molecule has 1 saturated heterocycles. The summed E-state index contributed by atoms with van der Waals surface area (Å²) in [7, 11) is 0. The third-order valence-corrected chi connectivity index (χ3v) is 8.92. The molecule has 8 atom stereocenters. The van der Waals surface area contributed by atoms with Crippen LogP contribution in [0.1, 0.15) is 81.1 Å². The number of nitrogens with one attached hydrogen (secondary N) is 2. The molecule has 1 rings (SSSR count). The highest BCUT2D eigenvalue weighted by Crippen LogP contribution is 2.22. The molecule has 8 nitrogen and oxygen atoms in total. The van der Waals surface area contributed by atoms with Gasteiger partial charge in [0, 0.05) is 50.3 Å². The molecule has 0 aromatic rings. The first-order valence-corrected chi connectivity index (χ1v) is 14.4. The molecular formula is C28H56N4O4. The number of rotatable bonds is 12. The van der Waals surface area contributed by atoms with Crippen molar-refractivity contribution in [1.29, 1.82) is 0 Å². The van der Waals surface area contributed by atoms with Crippen molar-refractivity contribution in [3.05, 3.63) is 0 Å². The van der Waals surface area contributed by atoms with E-state index in [1.54, 1.807) is 0 Å².